The summed E-state index contributed by atoms with van der Waals surface area (Å²) < 4.78 is 6.89. The lowest BCUT2D eigenvalue weighted by molar-refractivity contribution is -0.132. The van der Waals surface area contributed by atoms with E-state index < -0.39 is 0 Å². The Hall–Kier alpha value is -2.09. The van der Waals surface area contributed by atoms with Gasteiger partial charge in [0.1, 0.15) is 0 Å². The van der Waals surface area contributed by atoms with Gasteiger partial charge >= 0.3 is 6.03 Å². The average molecular weight is 349 g/mol. The lowest BCUT2D eigenvalue weighted by atomic mass is 10.3. The molecule has 8 nitrogen and oxygen atoms in total. The number of carbonyl (C=O) groups is 2. The van der Waals surface area contributed by atoms with Gasteiger partial charge in [0, 0.05) is 51.5 Å². The molecule has 2 heterocycles. The second-order valence-corrected chi connectivity index (χ2v) is 6.86. The number of rotatable bonds is 5. The number of nitrogens with zero attached hydrogens (tertiary/aromatic N) is 4. The monoisotopic (exact) mass is 349 g/mol. The standard InChI is InChI=1S/C17H27N5O3/c1-13(12-25-2)22-9-6-15(19-22)18-17(24)21-8-3-7-20(10-11-21)16(23)14-4-5-14/h6,9,13-14H,3-5,7-8,10-12H2,1-2H3,(H,18,19,24)/t13-/m0/s1. The van der Waals surface area contributed by atoms with Crippen LogP contribution < -0.4 is 5.32 Å². The fourth-order valence-corrected chi connectivity index (χ4v) is 3.09. The molecule has 2 fully saturated rings. The molecular weight excluding hydrogens is 322 g/mol. The van der Waals surface area contributed by atoms with Crippen LogP contribution >= 0.6 is 0 Å². The van der Waals surface area contributed by atoms with E-state index in [4.69, 9.17) is 4.74 Å². The number of carbonyl (C=O) groups excluding carboxylic acids is 2. The molecule has 0 radical (unpaired) electrons. The van der Waals surface area contributed by atoms with Gasteiger partial charge in [-0.25, -0.2) is 4.79 Å². The van der Waals surface area contributed by atoms with Crippen molar-refractivity contribution < 1.29 is 14.3 Å². The molecule has 0 aromatic carbocycles. The molecule has 3 amide bonds. The molecule has 1 aliphatic heterocycles. The van der Waals surface area contributed by atoms with Crippen LogP contribution in [0, 0.1) is 5.92 Å². The van der Waals surface area contributed by atoms with E-state index in [-0.39, 0.29) is 23.9 Å². The third-order valence-electron chi connectivity index (χ3n) is 4.72. The Morgan fingerprint density at radius 3 is 2.72 bits per heavy atom. The molecule has 1 atom stereocenters. The number of methoxy groups -OCH3 is 1. The lowest BCUT2D eigenvalue weighted by Gasteiger charge is -2.22. The minimum absolute atomic E-state index is 0.107. The fourth-order valence-electron chi connectivity index (χ4n) is 3.09. The van der Waals surface area contributed by atoms with Crippen LogP contribution in [-0.2, 0) is 9.53 Å². The van der Waals surface area contributed by atoms with Gasteiger partial charge in [-0.1, -0.05) is 0 Å². The Balaban J connectivity index is 1.52. The highest BCUT2D eigenvalue weighted by atomic mass is 16.5. The first-order valence-electron chi connectivity index (χ1n) is 8.97. The SMILES string of the molecule is COC[C@H](C)n1ccc(NC(=O)N2CCCN(C(=O)C3CC3)CC2)n1. The van der Waals surface area contributed by atoms with Gasteiger partial charge in [0.25, 0.3) is 0 Å². The zero-order valence-corrected chi connectivity index (χ0v) is 15.0. The first-order chi connectivity index (χ1) is 12.1. The van der Waals surface area contributed by atoms with Crippen molar-refractivity contribution in [2.75, 3.05) is 45.2 Å². The molecule has 0 bridgehead atoms. The molecule has 3 rings (SSSR count). The molecule has 1 saturated carbocycles. The number of anilines is 1. The van der Waals surface area contributed by atoms with Crippen LogP contribution in [0.3, 0.4) is 0 Å². The number of urea groups is 1. The number of nitrogens with one attached hydrogen (secondary N) is 1. The molecule has 0 unspecified atom stereocenters. The summed E-state index contributed by atoms with van der Waals surface area (Å²) in [5.74, 6) is 1.02. The highest BCUT2D eigenvalue weighted by Gasteiger charge is 2.34. The minimum atomic E-state index is -0.162. The zero-order chi connectivity index (χ0) is 17.8. The Morgan fingerprint density at radius 1 is 1.28 bits per heavy atom. The number of amides is 3. The normalized spacial score (nSPS) is 19.4. The predicted octanol–water partition coefficient (Wildman–Crippen LogP) is 1.57. The van der Waals surface area contributed by atoms with Crippen molar-refractivity contribution >= 4 is 17.8 Å². The van der Waals surface area contributed by atoms with Gasteiger partial charge in [0.05, 0.1) is 12.6 Å². The number of hydrogen-bond donors (Lipinski definition) is 1. The average Bonchev–Trinajstić information content (AvgIpc) is 3.38. The maximum atomic E-state index is 12.5. The first kappa shape index (κ1) is 17.7. The largest absolute Gasteiger partial charge is 0.382 e. The quantitative estimate of drug-likeness (QED) is 0.875. The summed E-state index contributed by atoms with van der Waals surface area (Å²) in [7, 11) is 1.65. The van der Waals surface area contributed by atoms with Gasteiger partial charge in [0.15, 0.2) is 5.82 Å². The number of hydrogen-bond acceptors (Lipinski definition) is 4. The molecule has 25 heavy (non-hydrogen) atoms. The molecule has 1 aromatic heterocycles. The van der Waals surface area contributed by atoms with Gasteiger partial charge in [-0.3, -0.25) is 14.8 Å². The van der Waals surface area contributed by atoms with Gasteiger partial charge in [0.2, 0.25) is 5.91 Å². The Morgan fingerprint density at radius 2 is 2.00 bits per heavy atom. The van der Waals surface area contributed by atoms with Crippen LogP contribution in [0.4, 0.5) is 10.6 Å². The van der Waals surface area contributed by atoms with Gasteiger partial charge in [-0.05, 0) is 26.2 Å². The Kier molecular flexibility index (Phi) is 5.57. The maximum Gasteiger partial charge on any atom is 0.323 e. The topological polar surface area (TPSA) is 79.7 Å². The summed E-state index contributed by atoms with van der Waals surface area (Å²) >= 11 is 0. The van der Waals surface area contributed by atoms with Crippen LogP contribution in [0.1, 0.15) is 32.2 Å². The first-order valence-corrected chi connectivity index (χ1v) is 8.97. The molecule has 8 heteroatoms. The smallest absolute Gasteiger partial charge is 0.323 e. The molecule has 1 saturated heterocycles. The van der Waals surface area contributed by atoms with Crippen LogP contribution in [0.5, 0.6) is 0 Å². The van der Waals surface area contributed by atoms with E-state index in [1.165, 1.54) is 0 Å². The van der Waals surface area contributed by atoms with Crippen LogP contribution in [-0.4, -0.2) is 71.4 Å². The molecule has 0 spiro atoms. The van der Waals surface area contributed by atoms with E-state index in [2.05, 4.69) is 10.4 Å². The Bertz CT molecular complexity index is 613. The van der Waals surface area contributed by atoms with Crippen molar-refractivity contribution in [3.8, 4) is 0 Å². The van der Waals surface area contributed by atoms with Crippen molar-refractivity contribution in [1.29, 1.82) is 0 Å². The Labute approximate surface area is 148 Å². The maximum absolute atomic E-state index is 12.5. The summed E-state index contributed by atoms with van der Waals surface area (Å²) in [6.07, 6.45) is 4.68. The molecule has 138 valence electrons. The third-order valence-corrected chi connectivity index (χ3v) is 4.72. The van der Waals surface area contributed by atoms with Crippen molar-refractivity contribution in [3.63, 3.8) is 0 Å². The number of aromatic nitrogens is 2. The summed E-state index contributed by atoms with van der Waals surface area (Å²) in [6.45, 7) is 5.13. The van der Waals surface area contributed by atoms with E-state index in [1.54, 1.807) is 22.8 Å². The summed E-state index contributed by atoms with van der Waals surface area (Å²) in [5.41, 5.74) is 0. The van der Waals surface area contributed by atoms with Crippen molar-refractivity contribution in [3.05, 3.63) is 12.3 Å². The van der Waals surface area contributed by atoms with Crippen molar-refractivity contribution in [2.45, 2.75) is 32.2 Å². The molecule has 1 aliphatic carbocycles. The highest BCUT2D eigenvalue weighted by Crippen LogP contribution is 2.31. The van der Waals surface area contributed by atoms with Gasteiger partial charge in [-0.15, -0.1) is 0 Å². The highest BCUT2D eigenvalue weighted by molar-refractivity contribution is 5.88. The van der Waals surface area contributed by atoms with E-state index in [0.29, 0.717) is 32.1 Å². The van der Waals surface area contributed by atoms with E-state index in [1.807, 2.05) is 18.0 Å². The summed E-state index contributed by atoms with van der Waals surface area (Å²) in [6, 6.07) is 1.73. The second-order valence-electron chi connectivity index (χ2n) is 6.86. The van der Waals surface area contributed by atoms with E-state index in [0.717, 1.165) is 25.8 Å². The van der Waals surface area contributed by atoms with Gasteiger partial charge < -0.3 is 14.5 Å². The predicted molar refractivity (Wildman–Crippen MR) is 93.3 cm³/mol. The van der Waals surface area contributed by atoms with Crippen LogP contribution in [0.15, 0.2) is 12.3 Å². The van der Waals surface area contributed by atoms with Crippen molar-refractivity contribution in [1.82, 2.24) is 19.6 Å². The third kappa shape index (κ3) is 4.50. The number of ether oxygens (including phenoxy) is 1. The summed E-state index contributed by atoms with van der Waals surface area (Å²) in [4.78, 5) is 28.3. The fraction of sp³-hybridized carbons (Fsp3) is 0.706. The lowest BCUT2D eigenvalue weighted by Crippen LogP contribution is -2.39. The molecule has 2 aliphatic rings. The second kappa shape index (κ2) is 7.86. The van der Waals surface area contributed by atoms with Gasteiger partial charge in [-0.2, -0.15) is 5.10 Å². The molecule has 1 N–H and O–H groups in total. The van der Waals surface area contributed by atoms with E-state index in [9.17, 15) is 9.59 Å². The zero-order valence-electron chi connectivity index (χ0n) is 15.0. The van der Waals surface area contributed by atoms with E-state index >= 15 is 0 Å². The van der Waals surface area contributed by atoms with Crippen molar-refractivity contribution in [2.24, 2.45) is 5.92 Å². The molecular formula is C17H27N5O3. The summed E-state index contributed by atoms with van der Waals surface area (Å²) in [5, 5.41) is 7.22. The minimum Gasteiger partial charge on any atom is -0.382 e. The molecule has 1 aromatic rings. The van der Waals surface area contributed by atoms with Crippen LogP contribution in [0.25, 0.3) is 0 Å². The van der Waals surface area contributed by atoms with Crippen LogP contribution in [0.2, 0.25) is 0 Å².